The second-order valence-electron chi connectivity index (χ2n) is 6.98. The monoisotopic (exact) mass is 377 g/mol. The van der Waals surface area contributed by atoms with E-state index in [9.17, 15) is 15.0 Å². The number of carbonyl (C=O) groups is 1. The minimum atomic E-state index is -0.496. The van der Waals surface area contributed by atoms with Crippen molar-refractivity contribution in [2.45, 2.75) is 38.8 Å². The minimum absolute atomic E-state index is 0.00642. The van der Waals surface area contributed by atoms with Gasteiger partial charge in [-0.25, -0.2) is 0 Å². The lowest BCUT2D eigenvalue weighted by Gasteiger charge is -2.45. The van der Waals surface area contributed by atoms with E-state index in [2.05, 4.69) is 11.8 Å². The number of rotatable bonds is 5. The molecule has 1 aromatic carbocycles. The van der Waals surface area contributed by atoms with E-state index in [1.54, 1.807) is 12.1 Å². The molecule has 0 amide bonds. The second kappa shape index (κ2) is 9.64. The minimum Gasteiger partial charge on any atom is -0.483 e. The summed E-state index contributed by atoms with van der Waals surface area (Å²) in [5, 5.41) is 27.7. The summed E-state index contributed by atoms with van der Waals surface area (Å²) in [5.74, 6) is 0. The van der Waals surface area contributed by atoms with Crippen LogP contribution in [0.1, 0.15) is 31.7 Å². The van der Waals surface area contributed by atoms with Gasteiger partial charge in [0.15, 0.2) is 5.43 Å². The van der Waals surface area contributed by atoms with Crippen molar-refractivity contribution in [3.8, 4) is 0 Å². The normalized spacial score (nSPS) is 22.9. The van der Waals surface area contributed by atoms with E-state index in [1.165, 1.54) is 6.26 Å². The van der Waals surface area contributed by atoms with Crippen LogP contribution in [0, 0.1) is 5.41 Å². The van der Waals surface area contributed by atoms with Crippen molar-refractivity contribution in [1.82, 2.24) is 4.90 Å². The number of carboxylic acid groups (broad SMARTS) is 1. The Labute approximate surface area is 157 Å². The van der Waals surface area contributed by atoms with Crippen molar-refractivity contribution < 1.29 is 24.5 Å². The Morgan fingerprint density at radius 1 is 1.37 bits per heavy atom. The zero-order valence-corrected chi connectivity index (χ0v) is 15.5. The molecule has 2 aromatic rings. The van der Waals surface area contributed by atoms with Gasteiger partial charge in [0.25, 0.3) is 6.47 Å². The van der Waals surface area contributed by atoms with E-state index in [0.29, 0.717) is 42.6 Å². The predicted molar refractivity (Wildman–Crippen MR) is 102 cm³/mol. The standard InChI is InChI=1S/C19H25NO4.CH2O2/c1-2-8-19(13-21)12-20(9-7-17(19)22)10-14-11-24-16-6-4-3-5-15(16)18(14)23;2-1-3/h3-6,11,17,21-22H,2,7-10,12-13H2,1H3;1H,(H,2,3)/t17-,19-;/m1./s1. The third kappa shape index (κ3) is 4.74. The lowest BCUT2D eigenvalue weighted by Crippen LogP contribution is -2.53. The average molecular weight is 377 g/mol. The van der Waals surface area contributed by atoms with E-state index in [-0.39, 0.29) is 18.5 Å². The number of fused-ring (bicyclic) bond motifs is 1. The second-order valence-corrected chi connectivity index (χ2v) is 6.98. The van der Waals surface area contributed by atoms with Crippen LogP contribution in [-0.2, 0) is 11.3 Å². The van der Waals surface area contributed by atoms with Gasteiger partial charge in [-0.15, -0.1) is 0 Å². The van der Waals surface area contributed by atoms with Crippen LogP contribution in [0.2, 0.25) is 0 Å². The van der Waals surface area contributed by atoms with Gasteiger partial charge in [-0.1, -0.05) is 25.5 Å². The number of para-hydroxylation sites is 1. The van der Waals surface area contributed by atoms with Gasteiger partial charge in [0, 0.05) is 30.6 Å². The van der Waals surface area contributed by atoms with Gasteiger partial charge in [0.05, 0.1) is 24.4 Å². The highest BCUT2D eigenvalue weighted by molar-refractivity contribution is 5.76. The van der Waals surface area contributed by atoms with Gasteiger partial charge < -0.3 is 19.7 Å². The molecule has 1 saturated heterocycles. The highest BCUT2D eigenvalue weighted by Gasteiger charge is 2.41. The lowest BCUT2D eigenvalue weighted by molar-refractivity contribution is -0.122. The van der Waals surface area contributed by atoms with Crippen molar-refractivity contribution in [3.05, 3.63) is 46.3 Å². The van der Waals surface area contributed by atoms with Crippen LogP contribution in [0.25, 0.3) is 11.0 Å². The average Bonchev–Trinajstić information content (AvgIpc) is 2.67. The van der Waals surface area contributed by atoms with E-state index in [0.717, 1.165) is 12.8 Å². The fraction of sp³-hybridized carbons (Fsp3) is 0.500. The molecule has 1 fully saturated rings. The largest absolute Gasteiger partial charge is 0.483 e. The Kier molecular flexibility index (Phi) is 7.53. The van der Waals surface area contributed by atoms with E-state index in [1.807, 2.05) is 12.1 Å². The fourth-order valence-corrected chi connectivity index (χ4v) is 3.82. The first-order valence-electron chi connectivity index (χ1n) is 9.10. The van der Waals surface area contributed by atoms with E-state index < -0.39 is 11.5 Å². The Hall–Kier alpha value is -2.22. The molecule has 0 aliphatic carbocycles. The van der Waals surface area contributed by atoms with Gasteiger partial charge in [-0.3, -0.25) is 14.5 Å². The predicted octanol–water partition coefficient (Wildman–Crippen LogP) is 1.84. The molecule has 7 heteroatoms. The molecule has 1 aliphatic rings. The Morgan fingerprint density at radius 3 is 2.74 bits per heavy atom. The topological polar surface area (TPSA) is 111 Å². The Morgan fingerprint density at radius 2 is 2.07 bits per heavy atom. The highest BCUT2D eigenvalue weighted by atomic mass is 16.3. The fourth-order valence-electron chi connectivity index (χ4n) is 3.82. The van der Waals surface area contributed by atoms with Gasteiger partial charge in [-0.05, 0) is 25.0 Å². The van der Waals surface area contributed by atoms with Gasteiger partial charge in [0.2, 0.25) is 0 Å². The number of piperidine rings is 1. The van der Waals surface area contributed by atoms with Crippen LogP contribution in [0.4, 0.5) is 0 Å². The summed E-state index contributed by atoms with van der Waals surface area (Å²) in [5.41, 5.74) is 0.710. The number of hydrogen-bond acceptors (Lipinski definition) is 6. The summed E-state index contributed by atoms with van der Waals surface area (Å²) in [6.45, 7) is 3.54. The maximum atomic E-state index is 12.6. The van der Waals surface area contributed by atoms with Crippen molar-refractivity contribution in [1.29, 1.82) is 0 Å². The Bertz CT molecular complexity index is 804. The van der Waals surface area contributed by atoms with E-state index >= 15 is 0 Å². The number of benzene rings is 1. The molecular weight excluding hydrogens is 350 g/mol. The molecule has 1 aromatic heterocycles. The van der Waals surface area contributed by atoms with Crippen molar-refractivity contribution in [3.63, 3.8) is 0 Å². The SMILES string of the molecule is CCC[C@]1(CO)CN(Cc2coc3ccccc3c2=O)CC[C@H]1O.O=CO. The quantitative estimate of drug-likeness (QED) is 0.682. The number of aliphatic hydroxyl groups is 2. The first-order valence-corrected chi connectivity index (χ1v) is 9.10. The summed E-state index contributed by atoms with van der Waals surface area (Å²) in [7, 11) is 0. The molecule has 2 atom stereocenters. The smallest absolute Gasteiger partial charge is 0.290 e. The molecule has 0 saturated carbocycles. The maximum Gasteiger partial charge on any atom is 0.290 e. The van der Waals surface area contributed by atoms with Gasteiger partial charge in [-0.2, -0.15) is 0 Å². The molecule has 7 nitrogen and oxygen atoms in total. The molecule has 2 heterocycles. The van der Waals surface area contributed by atoms with Crippen LogP contribution >= 0.6 is 0 Å². The number of hydrogen-bond donors (Lipinski definition) is 3. The molecule has 0 radical (unpaired) electrons. The molecule has 0 bridgehead atoms. The van der Waals surface area contributed by atoms with Crippen LogP contribution < -0.4 is 5.43 Å². The van der Waals surface area contributed by atoms with Crippen molar-refractivity contribution >= 4 is 17.4 Å². The molecule has 3 N–H and O–H groups in total. The van der Waals surface area contributed by atoms with Crippen LogP contribution in [0.5, 0.6) is 0 Å². The first kappa shape index (κ1) is 21.1. The summed E-state index contributed by atoms with van der Waals surface area (Å²) in [6, 6.07) is 7.24. The van der Waals surface area contributed by atoms with Crippen LogP contribution in [0.3, 0.4) is 0 Å². The van der Waals surface area contributed by atoms with Crippen molar-refractivity contribution in [2.75, 3.05) is 19.7 Å². The highest BCUT2D eigenvalue weighted by Crippen LogP contribution is 2.35. The molecule has 3 rings (SSSR count). The molecule has 0 unspecified atom stereocenters. The number of aliphatic hydroxyl groups excluding tert-OH is 2. The first-order chi connectivity index (χ1) is 13.0. The van der Waals surface area contributed by atoms with Crippen molar-refractivity contribution in [2.24, 2.45) is 5.41 Å². The third-order valence-corrected chi connectivity index (χ3v) is 5.17. The maximum absolute atomic E-state index is 12.6. The number of nitrogens with zero attached hydrogens (tertiary/aromatic N) is 1. The Balaban J connectivity index is 0.000000817. The third-order valence-electron chi connectivity index (χ3n) is 5.17. The van der Waals surface area contributed by atoms with Gasteiger partial charge >= 0.3 is 0 Å². The van der Waals surface area contributed by atoms with Crippen LogP contribution in [-0.4, -0.2) is 52.5 Å². The van der Waals surface area contributed by atoms with E-state index in [4.69, 9.17) is 14.3 Å². The van der Waals surface area contributed by atoms with Crippen LogP contribution in [0.15, 0.2) is 39.7 Å². The summed E-state index contributed by atoms with van der Waals surface area (Å²) in [4.78, 5) is 23.1. The number of likely N-dealkylation sites (tertiary alicyclic amines) is 1. The zero-order valence-electron chi connectivity index (χ0n) is 15.5. The summed E-state index contributed by atoms with van der Waals surface area (Å²) in [6.07, 6.45) is 3.33. The summed E-state index contributed by atoms with van der Waals surface area (Å²) < 4.78 is 5.59. The summed E-state index contributed by atoms with van der Waals surface area (Å²) >= 11 is 0. The zero-order chi connectivity index (χ0) is 19.9. The molecule has 0 spiro atoms. The molecule has 148 valence electrons. The lowest BCUT2D eigenvalue weighted by atomic mass is 9.74. The molecule has 1 aliphatic heterocycles. The molecular formula is C20H27NO6. The van der Waals surface area contributed by atoms with Gasteiger partial charge in [0.1, 0.15) is 5.58 Å². The molecule has 27 heavy (non-hydrogen) atoms.